The van der Waals surface area contributed by atoms with Crippen LogP contribution in [-0.2, 0) is 11.2 Å². The second-order valence-corrected chi connectivity index (χ2v) is 5.11. The molecule has 2 nitrogen and oxygen atoms in total. The van der Waals surface area contributed by atoms with Crippen molar-refractivity contribution in [1.29, 1.82) is 0 Å². The molecule has 0 aliphatic heterocycles. The summed E-state index contributed by atoms with van der Waals surface area (Å²) in [6.45, 7) is 11.2. The molecule has 0 aliphatic carbocycles. The van der Waals surface area contributed by atoms with Gasteiger partial charge in [-0.25, -0.2) is 0 Å². The Morgan fingerprint density at radius 2 is 1.78 bits per heavy atom. The summed E-state index contributed by atoms with van der Waals surface area (Å²) in [4.78, 5) is 0. The van der Waals surface area contributed by atoms with Gasteiger partial charge in [-0.3, -0.25) is 0 Å². The SMILES string of the molecule is CCNC(COCC)c1ccc(CC(C)C)cc1. The molecule has 0 aromatic heterocycles. The van der Waals surface area contributed by atoms with E-state index in [1.807, 2.05) is 6.92 Å². The molecule has 0 bridgehead atoms. The molecule has 0 saturated heterocycles. The van der Waals surface area contributed by atoms with Crippen LogP contribution in [-0.4, -0.2) is 19.8 Å². The summed E-state index contributed by atoms with van der Waals surface area (Å²) in [5, 5.41) is 3.47. The molecule has 0 fully saturated rings. The molecule has 1 N–H and O–H groups in total. The Bertz CT molecular complexity index is 318. The van der Waals surface area contributed by atoms with E-state index >= 15 is 0 Å². The summed E-state index contributed by atoms with van der Waals surface area (Å²) in [5.74, 6) is 0.712. The number of rotatable bonds is 8. The molecule has 102 valence electrons. The highest BCUT2D eigenvalue weighted by Gasteiger charge is 2.10. The first-order chi connectivity index (χ1) is 8.67. The maximum absolute atomic E-state index is 5.53. The molecule has 18 heavy (non-hydrogen) atoms. The van der Waals surface area contributed by atoms with Gasteiger partial charge >= 0.3 is 0 Å². The zero-order valence-corrected chi connectivity index (χ0v) is 12.2. The average Bonchev–Trinajstić information content (AvgIpc) is 2.35. The normalized spacial score (nSPS) is 12.9. The molecule has 0 spiro atoms. The van der Waals surface area contributed by atoms with E-state index in [0.29, 0.717) is 12.0 Å². The predicted octanol–water partition coefficient (Wildman–Crippen LogP) is 3.57. The summed E-state index contributed by atoms with van der Waals surface area (Å²) >= 11 is 0. The lowest BCUT2D eigenvalue weighted by atomic mass is 9.99. The minimum atomic E-state index is 0.308. The molecular weight excluding hydrogens is 222 g/mol. The molecular formula is C16H27NO. The summed E-state index contributed by atoms with van der Waals surface area (Å²) in [5.41, 5.74) is 2.73. The quantitative estimate of drug-likeness (QED) is 0.760. The van der Waals surface area contributed by atoms with Crippen LogP contribution in [0, 0.1) is 5.92 Å². The fourth-order valence-electron chi connectivity index (χ4n) is 2.11. The zero-order chi connectivity index (χ0) is 13.4. The minimum absolute atomic E-state index is 0.308. The van der Waals surface area contributed by atoms with Crippen LogP contribution < -0.4 is 5.32 Å². The van der Waals surface area contributed by atoms with Gasteiger partial charge in [-0.1, -0.05) is 45.0 Å². The van der Waals surface area contributed by atoms with Gasteiger partial charge in [0, 0.05) is 6.61 Å². The van der Waals surface area contributed by atoms with Crippen LogP contribution >= 0.6 is 0 Å². The minimum Gasteiger partial charge on any atom is -0.380 e. The van der Waals surface area contributed by atoms with Gasteiger partial charge in [0.2, 0.25) is 0 Å². The lowest BCUT2D eigenvalue weighted by Crippen LogP contribution is -2.25. The highest BCUT2D eigenvalue weighted by atomic mass is 16.5. The number of hydrogen-bond donors (Lipinski definition) is 1. The maximum atomic E-state index is 5.53. The van der Waals surface area contributed by atoms with Crippen LogP contribution in [0.15, 0.2) is 24.3 Å². The van der Waals surface area contributed by atoms with Crippen molar-refractivity contribution >= 4 is 0 Å². The van der Waals surface area contributed by atoms with E-state index in [0.717, 1.165) is 26.2 Å². The third-order valence-corrected chi connectivity index (χ3v) is 2.97. The maximum Gasteiger partial charge on any atom is 0.0661 e. The van der Waals surface area contributed by atoms with E-state index in [-0.39, 0.29) is 0 Å². The Morgan fingerprint density at radius 3 is 2.28 bits per heavy atom. The summed E-state index contributed by atoms with van der Waals surface area (Å²) < 4.78 is 5.53. The number of benzene rings is 1. The molecule has 0 saturated carbocycles. The summed E-state index contributed by atoms with van der Waals surface area (Å²) in [6.07, 6.45) is 1.15. The molecule has 0 amide bonds. The number of hydrogen-bond acceptors (Lipinski definition) is 2. The van der Waals surface area contributed by atoms with Crippen LogP contribution in [0.4, 0.5) is 0 Å². The largest absolute Gasteiger partial charge is 0.380 e. The molecule has 1 rings (SSSR count). The Balaban J connectivity index is 2.67. The van der Waals surface area contributed by atoms with Gasteiger partial charge in [-0.05, 0) is 36.9 Å². The van der Waals surface area contributed by atoms with Crippen molar-refractivity contribution in [3.05, 3.63) is 35.4 Å². The van der Waals surface area contributed by atoms with Crippen molar-refractivity contribution < 1.29 is 4.74 Å². The molecule has 1 unspecified atom stereocenters. The van der Waals surface area contributed by atoms with Crippen molar-refractivity contribution in [3.63, 3.8) is 0 Å². The topological polar surface area (TPSA) is 21.3 Å². The standard InChI is InChI=1S/C16H27NO/c1-5-17-16(12-18-6-2)15-9-7-14(8-10-15)11-13(3)4/h7-10,13,16-17H,5-6,11-12H2,1-4H3. The van der Waals surface area contributed by atoms with Crippen LogP contribution in [0.25, 0.3) is 0 Å². The van der Waals surface area contributed by atoms with Crippen LogP contribution in [0.5, 0.6) is 0 Å². The van der Waals surface area contributed by atoms with Crippen molar-refractivity contribution in [3.8, 4) is 0 Å². The molecule has 0 aliphatic rings. The van der Waals surface area contributed by atoms with Crippen molar-refractivity contribution in [2.45, 2.75) is 40.2 Å². The first-order valence-electron chi connectivity index (χ1n) is 7.07. The van der Waals surface area contributed by atoms with Gasteiger partial charge in [0.15, 0.2) is 0 Å². The third kappa shape index (κ3) is 5.19. The van der Waals surface area contributed by atoms with Crippen LogP contribution in [0.1, 0.15) is 44.9 Å². The zero-order valence-electron chi connectivity index (χ0n) is 12.2. The fourth-order valence-corrected chi connectivity index (χ4v) is 2.11. The number of nitrogens with one attached hydrogen (secondary N) is 1. The molecule has 1 aromatic carbocycles. The second-order valence-electron chi connectivity index (χ2n) is 5.11. The van der Waals surface area contributed by atoms with Gasteiger partial charge in [0.1, 0.15) is 0 Å². The van der Waals surface area contributed by atoms with Gasteiger partial charge in [-0.15, -0.1) is 0 Å². The van der Waals surface area contributed by atoms with E-state index in [1.165, 1.54) is 11.1 Å². The second kappa shape index (κ2) is 8.28. The first-order valence-corrected chi connectivity index (χ1v) is 7.07. The number of ether oxygens (including phenoxy) is 1. The first kappa shape index (κ1) is 15.2. The van der Waals surface area contributed by atoms with Gasteiger partial charge in [-0.2, -0.15) is 0 Å². The van der Waals surface area contributed by atoms with E-state index < -0.39 is 0 Å². The smallest absolute Gasteiger partial charge is 0.0661 e. The van der Waals surface area contributed by atoms with E-state index in [2.05, 4.69) is 50.4 Å². The van der Waals surface area contributed by atoms with Gasteiger partial charge < -0.3 is 10.1 Å². The lowest BCUT2D eigenvalue weighted by Gasteiger charge is -2.18. The average molecular weight is 249 g/mol. The van der Waals surface area contributed by atoms with Crippen molar-refractivity contribution in [1.82, 2.24) is 5.32 Å². The van der Waals surface area contributed by atoms with Crippen molar-refractivity contribution in [2.75, 3.05) is 19.8 Å². The lowest BCUT2D eigenvalue weighted by molar-refractivity contribution is 0.123. The molecule has 0 radical (unpaired) electrons. The Hall–Kier alpha value is -0.860. The van der Waals surface area contributed by atoms with Gasteiger partial charge in [0.05, 0.1) is 12.6 Å². The van der Waals surface area contributed by atoms with E-state index in [1.54, 1.807) is 0 Å². The highest BCUT2D eigenvalue weighted by molar-refractivity contribution is 5.25. The Kier molecular flexibility index (Phi) is 6.99. The highest BCUT2D eigenvalue weighted by Crippen LogP contribution is 2.16. The van der Waals surface area contributed by atoms with E-state index in [9.17, 15) is 0 Å². The molecule has 0 heterocycles. The molecule has 1 aromatic rings. The Morgan fingerprint density at radius 1 is 1.11 bits per heavy atom. The van der Waals surface area contributed by atoms with Crippen LogP contribution in [0.2, 0.25) is 0 Å². The number of likely N-dealkylation sites (N-methyl/N-ethyl adjacent to an activating group) is 1. The van der Waals surface area contributed by atoms with E-state index in [4.69, 9.17) is 4.74 Å². The molecule has 1 atom stereocenters. The molecule has 2 heteroatoms. The predicted molar refractivity (Wildman–Crippen MR) is 77.9 cm³/mol. The summed E-state index contributed by atoms with van der Waals surface area (Å²) in [6, 6.07) is 9.24. The third-order valence-electron chi connectivity index (χ3n) is 2.97. The van der Waals surface area contributed by atoms with Gasteiger partial charge in [0.25, 0.3) is 0 Å². The van der Waals surface area contributed by atoms with Crippen molar-refractivity contribution in [2.24, 2.45) is 5.92 Å². The fraction of sp³-hybridized carbons (Fsp3) is 0.625. The summed E-state index contributed by atoms with van der Waals surface area (Å²) in [7, 11) is 0. The Labute approximate surface area is 112 Å². The monoisotopic (exact) mass is 249 g/mol. The van der Waals surface area contributed by atoms with Crippen LogP contribution in [0.3, 0.4) is 0 Å².